The van der Waals surface area contributed by atoms with Crippen LogP contribution in [0.3, 0.4) is 0 Å². The number of halogens is 6. The van der Waals surface area contributed by atoms with Crippen LogP contribution in [0.15, 0.2) is 24.4 Å². The lowest BCUT2D eigenvalue weighted by atomic mass is 10.1. The number of nitrogen functional groups attached to an aromatic ring is 1. The second-order valence-corrected chi connectivity index (χ2v) is 4.28. The average molecular weight is 309 g/mol. The molecule has 0 spiro atoms. The van der Waals surface area contributed by atoms with Crippen LogP contribution in [0.25, 0.3) is 11.3 Å². The molecule has 2 nitrogen and oxygen atoms in total. The van der Waals surface area contributed by atoms with E-state index in [4.69, 9.17) is 17.3 Å². The fourth-order valence-corrected chi connectivity index (χ4v) is 1.67. The Morgan fingerprint density at radius 3 is 2.30 bits per heavy atom. The predicted octanol–water partition coefficient (Wildman–Crippen LogP) is 4.28. The first kappa shape index (κ1) is 14.5. The van der Waals surface area contributed by atoms with E-state index in [9.17, 15) is 22.0 Å². The molecular weight excluding hydrogens is 303 g/mol. The van der Waals surface area contributed by atoms with Crippen molar-refractivity contribution in [3.8, 4) is 11.3 Å². The maximum absolute atomic E-state index is 13.7. The highest BCUT2D eigenvalue weighted by atomic mass is 35.5. The summed E-state index contributed by atoms with van der Waals surface area (Å²) in [6, 6.07) is 2.38. The van der Waals surface area contributed by atoms with Crippen LogP contribution in [-0.4, -0.2) is 4.98 Å². The molecule has 0 saturated heterocycles. The summed E-state index contributed by atoms with van der Waals surface area (Å²) in [4.78, 5) is 3.70. The van der Waals surface area contributed by atoms with E-state index >= 15 is 0 Å². The molecule has 0 radical (unpaired) electrons. The summed E-state index contributed by atoms with van der Waals surface area (Å²) >= 11 is 5.62. The lowest BCUT2D eigenvalue weighted by Gasteiger charge is -2.11. The molecule has 0 bridgehead atoms. The lowest BCUT2D eigenvalue weighted by molar-refractivity contribution is -0.140. The predicted molar refractivity (Wildman–Crippen MR) is 64.0 cm³/mol. The Morgan fingerprint density at radius 1 is 1.10 bits per heavy atom. The molecule has 0 aliphatic rings. The van der Waals surface area contributed by atoms with Crippen LogP contribution in [-0.2, 0) is 6.18 Å². The number of hydrogen-bond donors (Lipinski definition) is 1. The van der Waals surface area contributed by atoms with E-state index in [2.05, 4.69) is 4.98 Å². The van der Waals surface area contributed by atoms with Gasteiger partial charge in [0.25, 0.3) is 0 Å². The van der Waals surface area contributed by atoms with E-state index in [0.717, 1.165) is 18.3 Å². The van der Waals surface area contributed by atoms with Gasteiger partial charge in [-0.2, -0.15) is 13.2 Å². The monoisotopic (exact) mass is 308 g/mol. The van der Waals surface area contributed by atoms with Crippen molar-refractivity contribution in [2.24, 2.45) is 0 Å². The average Bonchev–Trinajstić information content (AvgIpc) is 2.34. The number of nitrogens with two attached hydrogens (primary N) is 1. The third kappa shape index (κ3) is 2.53. The van der Waals surface area contributed by atoms with Gasteiger partial charge in [0.05, 0.1) is 22.0 Å². The van der Waals surface area contributed by atoms with Gasteiger partial charge in [-0.25, -0.2) is 8.78 Å². The van der Waals surface area contributed by atoms with Crippen molar-refractivity contribution in [1.29, 1.82) is 0 Å². The number of nitrogens with zero attached hydrogens (tertiary/aromatic N) is 1. The largest absolute Gasteiger partial charge is 0.419 e. The number of aromatic nitrogens is 1. The fourth-order valence-electron chi connectivity index (χ4n) is 1.57. The molecule has 2 N–H and O–H groups in total. The maximum atomic E-state index is 13.7. The van der Waals surface area contributed by atoms with Crippen molar-refractivity contribution < 1.29 is 22.0 Å². The molecule has 20 heavy (non-hydrogen) atoms. The van der Waals surface area contributed by atoms with Crippen molar-refractivity contribution in [1.82, 2.24) is 4.98 Å². The number of hydrogen-bond acceptors (Lipinski definition) is 2. The number of benzene rings is 1. The van der Waals surface area contributed by atoms with E-state index in [1.807, 2.05) is 0 Å². The Labute approximate surface area is 115 Å². The van der Waals surface area contributed by atoms with Gasteiger partial charge in [0.2, 0.25) is 0 Å². The summed E-state index contributed by atoms with van der Waals surface area (Å²) < 4.78 is 64.4. The quantitative estimate of drug-likeness (QED) is 0.799. The summed E-state index contributed by atoms with van der Waals surface area (Å²) in [5.41, 5.74) is 3.30. The summed E-state index contributed by atoms with van der Waals surface area (Å²) in [6.45, 7) is 0. The molecule has 0 atom stereocenters. The summed E-state index contributed by atoms with van der Waals surface area (Å²) in [7, 11) is 0. The standard InChI is InChI=1S/C12H6ClF5N2/c13-7-4-20-9(3-8(7)19)5-1-2-6(12(16,17)18)11(15)10(5)14/h1-4H,(H2,19,20). The summed E-state index contributed by atoms with van der Waals surface area (Å²) in [6.07, 6.45) is -3.88. The van der Waals surface area contributed by atoms with Crippen molar-refractivity contribution in [3.05, 3.63) is 46.6 Å². The SMILES string of the molecule is Nc1cc(-c2ccc(C(F)(F)F)c(F)c2F)ncc1Cl. The van der Waals surface area contributed by atoms with Crippen LogP contribution in [0.4, 0.5) is 27.6 Å². The smallest absolute Gasteiger partial charge is 0.397 e. The molecule has 1 aromatic heterocycles. The first-order chi connectivity index (χ1) is 9.21. The molecule has 2 aromatic rings. The minimum absolute atomic E-state index is 0.0522. The Morgan fingerprint density at radius 2 is 1.75 bits per heavy atom. The zero-order chi connectivity index (χ0) is 15.1. The molecule has 0 fully saturated rings. The minimum Gasteiger partial charge on any atom is -0.397 e. The molecular formula is C12H6ClF5N2. The first-order valence-electron chi connectivity index (χ1n) is 5.18. The second-order valence-electron chi connectivity index (χ2n) is 3.88. The van der Waals surface area contributed by atoms with Gasteiger partial charge in [0, 0.05) is 11.8 Å². The van der Waals surface area contributed by atoms with E-state index in [-0.39, 0.29) is 16.4 Å². The van der Waals surface area contributed by atoms with Gasteiger partial charge in [-0.1, -0.05) is 11.6 Å². The van der Waals surface area contributed by atoms with E-state index in [0.29, 0.717) is 6.07 Å². The van der Waals surface area contributed by atoms with Crippen LogP contribution in [0, 0.1) is 11.6 Å². The van der Waals surface area contributed by atoms with Crippen LogP contribution in [0.2, 0.25) is 5.02 Å². The number of anilines is 1. The van der Waals surface area contributed by atoms with Crippen molar-refractivity contribution in [3.63, 3.8) is 0 Å². The summed E-state index contributed by atoms with van der Waals surface area (Å²) in [5, 5.41) is 0.0986. The summed E-state index contributed by atoms with van der Waals surface area (Å²) in [5.74, 6) is -3.63. The third-order valence-corrected chi connectivity index (χ3v) is 2.86. The molecule has 2 rings (SSSR count). The maximum Gasteiger partial charge on any atom is 0.419 e. The van der Waals surface area contributed by atoms with Gasteiger partial charge in [-0.3, -0.25) is 4.98 Å². The van der Waals surface area contributed by atoms with Crippen LogP contribution >= 0.6 is 11.6 Å². The Hall–Kier alpha value is -1.89. The van der Waals surface area contributed by atoms with Crippen molar-refractivity contribution >= 4 is 17.3 Å². The van der Waals surface area contributed by atoms with Gasteiger partial charge in [0.1, 0.15) is 0 Å². The van der Waals surface area contributed by atoms with Crippen molar-refractivity contribution in [2.75, 3.05) is 5.73 Å². The highest BCUT2D eigenvalue weighted by molar-refractivity contribution is 6.32. The van der Waals surface area contributed by atoms with E-state index < -0.39 is 28.9 Å². The molecule has 0 aliphatic heterocycles. The molecule has 0 unspecified atom stereocenters. The van der Waals surface area contributed by atoms with Crippen LogP contribution < -0.4 is 5.73 Å². The molecule has 0 aliphatic carbocycles. The normalized spacial score (nSPS) is 11.7. The molecule has 0 amide bonds. The Balaban J connectivity index is 2.59. The van der Waals surface area contributed by atoms with Gasteiger partial charge in [-0.15, -0.1) is 0 Å². The molecule has 1 heterocycles. The van der Waals surface area contributed by atoms with E-state index in [1.54, 1.807) is 0 Å². The molecule has 1 aromatic carbocycles. The van der Waals surface area contributed by atoms with Gasteiger partial charge in [0.15, 0.2) is 11.6 Å². The fraction of sp³-hybridized carbons (Fsp3) is 0.0833. The number of pyridine rings is 1. The molecule has 0 saturated carbocycles. The molecule has 8 heteroatoms. The van der Waals surface area contributed by atoms with Gasteiger partial charge < -0.3 is 5.73 Å². The Kier molecular flexibility index (Phi) is 3.56. The highest BCUT2D eigenvalue weighted by Crippen LogP contribution is 2.35. The van der Waals surface area contributed by atoms with Crippen LogP contribution in [0.5, 0.6) is 0 Å². The number of alkyl halides is 3. The van der Waals surface area contributed by atoms with Gasteiger partial charge >= 0.3 is 6.18 Å². The van der Waals surface area contributed by atoms with Crippen molar-refractivity contribution in [2.45, 2.75) is 6.18 Å². The molecule has 106 valence electrons. The van der Waals surface area contributed by atoms with E-state index in [1.165, 1.54) is 0 Å². The highest BCUT2D eigenvalue weighted by Gasteiger charge is 2.36. The third-order valence-electron chi connectivity index (χ3n) is 2.55. The second kappa shape index (κ2) is 4.90. The first-order valence-corrected chi connectivity index (χ1v) is 5.56. The minimum atomic E-state index is -4.98. The number of rotatable bonds is 1. The Bertz CT molecular complexity index is 670. The lowest BCUT2D eigenvalue weighted by Crippen LogP contribution is -2.10. The van der Waals surface area contributed by atoms with Crippen LogP contribution in [0.1, 0.15) is 5.56 Å². The zero-order valence-electron chi connectivity index (χ0n) is 9.60. The zero-order valence-corrected chi connectivity index (χ0v) is 10.4. The topological polar surface area (TPSA) is 38.9 Å². The van der Waals surface area contributed by atoms with Gasteiger partial charge in [-0.05, 0) is 18.2 Å².